The van der Waals surface area contributed by atoms with Crippen molar-refractivity contribution in [1.29, 1.82) is 0 Å². The van der Waals surface area contributed by atoms with Gasteiger partial charge in [0, 0.05) is 10.9 Å². The maximum absolute atomic E-state index is 11.5. The lowest BCUT2D eigenvalue weighted by Gasteiger charge is -2.14. The zero-order valence-corrected chi connectivity index (χ0v) is 12.8. The van der Waals surface area contributed by atoms with Gasteiger partial charge in [0.1, 0.15) is 17.1 Å². The molecule has 0 fully saturated rings. The molecule has 5 heteroatoms. The normalized spacial score (nSPS) is 10.3. The molecule has 0 bridgehead atoms. The van der Waals surface area contributed by atoms with Gasteiger partial charge in [-0.2, -0.15) is 0 Å². The molecular formula is C14H19BrO4. The molecule has 0 saturated carbocycles. The molecule has 0 radical (unpaired) electrons. The molecule has 0 aliphatic carbocycles. The van der Waals surface area contributed by atoms with Crippen LogP contribution in [0, 0.1) is 0 Å². The van der Waals surface area contributed by atoms with Crippen molar-refractivity contribution >= 4 is 21.9 Å². The van der Waals surface area contributed by atoms with Crippen molar-refractivity contribution in [3.63, 3.8) is 0 Å². The zero-order valence-electron chi connectivity index (χ0n) is 11.2. The molecule has 1 rings (SSSR count). The lowest BCUT2D eigenvalue weighted by molar-refractivity contribution is 0.0597. The van der Waals surface area contributed by atoms with E-state index in [1.165, 1.54) is 13.2 Å². The predicted octanol–water partition coefficient (Wildman–Crippen LogP) is 3.30. The van der Waals surface area contributed by atoms with Crippen LogP contribution < -0.4 is 4.74 Å². The molecule has 1 N–H and O–H groups in total. The number of aromatic hydroxyl groups is 1. The number of esters is 1. The van der Waals surface area contributed by atoms with Gasteiger partial charge in [0.05, 0.1) is 13.7 Å². The van der Waals surface area contributed by atoms with Crippen LogP contribution in [0.15, 0.2) is 12.1 Å². The van der Waals surface area contributed by atoms with Crippen LogP contribution in [-0.4, -0.2) is 30.1 Å². The van der Waals surface area contributed by atoms with E-state index in [0.29, 0.717) is 24.3 Å². The summed E-state index contributed by atoms with van der Waals surface area (Å²) in [5.74, 6) is 0.0554. The Bertz CT molecular complexity index is 432. The SMILES string of the molecule is CCCc1c(OCCCBr)ccc(C(=O)OC)c1O. The second-order valence-electron chi connectivity index (χ2n) is 4.07. The third-order valence-electron chi connectivity index (χ3n) is 2.68. The van der Waals surface area contributed by atoms with Gasteiger partial charge in [-0.25, -0.2) is 4.79 Å². The molecular weight excluding hydrogens is 312 g/mol. The number of carbonyl (C=O) groups is 1. The number of alkyl halides is 1. The van der Waals surface area contributed by atoms with E-state index in [0.717, 1.165) is 18.2 Å². The van der Waals surface area contributed by atoms with Crippen LogP contribution in [0.1, 0.15) is 35.7 Å². The number of halogens is 1. The van der Waals surface area contributed by atoms with Crippen molar-refractivity contribution < 1.29 is 19.4 Å². The minimum Gasteiger partial charge on any atom is -0.507 e. The Morgan fingerprint density at radius 3 is 2.74 bits per heavy atom. The van der Waals surface area contributed by atoms with Gasteiger partial charge < -0.3 is 14.6 Å². The molecule has 1 aromatic carbocycles. The first-order valence-corrected chi connectivity index (χ1v) is 7.39. The fraction of sp³-hybridized carbons (Fsp3) is 0.500. The van der Waals surface area contributed by atoms with Crippen LogP contribution in [-0.2, 0) is 11.2 Å². The minimum absolute atomic E-state index is 0.0370. The summed E-state index contributed by atoms with van der Waals surface area (Å²) in [7, 11) is 1.29. The summed E-state index contributed by atoms with van der Waals surface area (Å²) in [6.07, 6.45) is 2.39. The van der Waals surface area contributed by atoms with E-state index in [1.807, 2.05) is 6.92 Å². The third-order valence-corrected chi connectivity index (χ3v) is 3.24. The molecule has 0 amide bonds. The summed E-state index contributed by atoms with van der Waals surface area (Å²) in [6.45, 7) is 2.57. The van der Waals surface area contributed by atoms with Crippen LogP contribution in [0.25, 0.3) is 0 Å². The molecule has 0 heterocycles. The first kappa shape index (κ1) is 15.8. The Kier molecular flexibility index (Phi) is 6.70. The number of rotatable bonds is 7. The van der Waals surface area contributed by atoms with Gasteiger partial charge in [-0.1, -0.05) is 29.3 Å². The van der Waals surface area contributed by atoms with Crippen LogP contribution in [0.4, 0.5) is 0 Å². The van der Waals surface area contributed by atoms with Gasteiger partial charge in [-0.05, 0) is 25.0 Å². The van der Waals surface area contributed by atoms with Gasteiger partial charge in [0.15, 0.2) is 0 Å². The average molecular weight is 331 g/mol. The summed E-state index contributed by atoms with van der Waals surface area (Å²) >= 11 is 3.34. The maximum Gasteiger partial charge on any atom is 0.341 e. The van der Waals surface area contributed by atoms with Crippen molar-refractivity contribution in [3.05, 3.63) is 23.3 Å². The lowest BCUT2D eigenvalue weighted by Crippen LogP contribution is -2.06. The predicted molar refractivity (Wildman–Crippen MR) is 77.3 cm³/mol. The van der Waals surface area contributed by atoms with Crippen molar-refractivity contribution in [1.82, 2.24) is 0 Å². The number of hydrogen-bond donors (Lipinski definition) is 1. The minimum atomic E-state index is -0.540. The highest BCUT2D eigenvalue weighted by Gasteiger charge is 2.18. The first-order chi connectivity index (χ1) is 9.15. The second kappa shape index (κ2) is 8.04. The molecule has 0 atom stereocenters. The Morgan fingerprint density at radius 2 is 2.16 bits per heavy atom. The standard InChI is InChI=1S/C14H19BrO4/c1-3-5-10-12(19-9-4-8-15)7-6-11(13(10)16)14(17)18-2/h6-7,16H,3-5,8-9H2,1-2H3. The van der Waals surface area contributed by atoms with Crippen molar-refractivity contribution in [2.75, 3.05) is 19.0 Å². The van der Waals surface area contributed by atoms with E-state index in [1.54, 1.807) is 6.07 Å². The van der Waals surface area contributed by atoms with E-state index < -0.39 is 5.97 Å². The quantitative estimate of drug-likeness (QED) is 0.473. The molecule has 0 aromatic heterocycles. The monoisotopic (exact) mass is 330 g/mol. The summed E-state index contributed by atoms with van der Waals surface area (Å²) < 4.78 is 10.3. The fourth-order valence-electron chi connectivity index (χ4n) is 1.76. The molecule has 0 aliphatic rings. The van der Waals surface area contributed by atoms with E-state index in [2.05, 4.69) is 20.7 Å². The van der Waals surface area contributed by atoms with Gasteiger partial charge >= 0.3 is 5.97 Å². The first-order valence-electron chi connectivity index (χ1n) is 6.27. The number of hydrogen-bond acceptors (Lipinski definition) is 4. The highest BCUT2D eigenvalue weighted by molar-refractivity contribution is 9.09. The van der Waals surface area contributed by atoms with Gasteiger partial charge in [-0.15, -0.1) is 0 Å². The van der Waals surface area contributed by atoms with Gasteiger partial charge in [0.25, 0.3) is 0 Å². The molecule has 0 saturated heterocycles. The Balaban J connectivity index is 3.04. The summed E-state index contributed by atoms with van der Waals surface area (Å²) in [4.78, 5) is 11.5. The average Bonchev–Trinajstić information content (AvgIpc) is 2.42. The second-order valence-corrected chi connectivity index (χ2v) is 4.86. The summed E-state index contributed by atoms with van der Waals surface area (Å²) in [5.41, 5.74) is 0.846. The molecule has 0 unspecified atom stereocenters. The maximum atomic E-state index is 11.5. The molecule has 0 aliphatic heterocycles. The Morgan fingerprint density at radius 1 is 1.42 bits per heavy atom. The lowest BCUT2D eigenvalue weighted by atomic mass is 10.0. The van der Waals surface area contributed by atoms with Gasteiger partial charge in [-0.3, -0.25) is 0 Å². The number of methoxy groups -OCH3 is 1. The smallest absolute Gasteiger partial charge is 0.341 e. The Labute approximate surface area is 121 Å². The van der Waals surface area contributed by atoms with Crippen LogP contribution in [0.5, 0.6) is 11.5 Å². The number of carbonyl (C=O) groups excluding carboxylic acids is 1. The summed E-state index contributed by atoms with van der Waals surface area (Å²) in [5, 5.41) is 11.0. The van der Waals surface area contributed by atoms with Crippen LogP contribution in [0.2, 0.25) is 0 Å². The molecule has 0 spiro atoms. The van der Waals surface area contributed by atoms with Crippen molar-refractivity contribution in [3.8, 4) is 11.5 Å². The third kappa shape index (κ3) is 4.13. The van der Waals surface area contributed by atoms with Gasteiger partial charge in [0.2, 0.25) is 0 Å². The molecule has 4 nitrogen and oxygen atoms in total. The topological polar surface area (TPSA) is 55.8 Å². The van der Waals surface area contributed by atoms with E-state index in [-0.39, 0.29) is 11.3 Å². The van der Waals surface area contributed by atoms with Crippen LogP contribution in [0.3, 0.4) is 0 Å². The van der Waals surface area contributed by atoms with Crippen molar-refractivity contribution in [2.24, 2.45) is 0 Å². The highest BCUT2D eigenvalue weighted by Crippen LogP contribution is 2.33. The summed E-state index contributed by atoms with van der Waals surface area (Å²) in [6, 6.07) is 3.25. The van der Waals surface area contributed by atoms with Crippen LogP contribution >= 0.6 is 15.9 Å². The number of phenolic OH excluding ortho intramolecular Hbond substituents is 1. The Hall–Kier alpha value is -1.23. The molecule has 106 valence electrons. The molecule has 1 aromatic rings. The number of phenols is 1. The van der Waals surface area contributed by atoms with Crippen molar-refractivity contribution in [2.45, 2.75) is 26.2 Å². The fourth-order valence-corrected chi connectivity index (χ4v) is 1.98. The van der Waals surface area contributed by atoms with E-state index in [4.69, 9.17) is 4.74 Å². The van der Waals surface area contributed by atoms with E-state index >= 15 is 0 Å². The highest BCUT2D eigenvalue weighted by atomic mass is 79.9. The molecule has 19 heavy (non-hydrogen) atoms. The number of ether oxygens (including phenoxy) is 2. The largest absolute Gasteiger partial charge is 0.507 e. The van der Waals surface area contributed by atoms with E-state index in [9.17, 15) is 9.90 Å². The number of benzene rings is 1. The zero-order chi connectivity index (χ0) is 14.3.